The maximum Gasteiger partial charge on any atom is 0.277 e. The predicted molar refractivity (Wildman–Crippen MR) is 106 cm³/mol. The fraction of sp³-hybridized carbons (Fsp3) is 0.105. The molecule has 0 atom stereocenters. The van der Waals surface area contributed by atoms with E-state index in [-0.39, 0.29) is 10.6 Å². The molecular formula is C19H15N3O2S2. The molecule has 0 unspecified atom stereocenters. The Morgan fingerprint density at radius 1 is 1.15 bits per heavy atom. The van der Waals surface area contributed by atoms with Crippen molar-refractivity contribution in [2.45, 2.75) is 9.92 Å². The number of nitrogens with zero attached hydrogens (tertiary/aromatic N) is 3. The molecule has 2 aromatic carbocycles. The first kappa shape index (κ1) is 18.1. The van der Waals surface area contributed by atoms with Gasteiger partial charge in [0.1, 0.15) is 28.2 Å². The Bertz CT molecular complexity index is 1040. The van der Waals surface area contributed by atoms with Crippen LogP contribution in [0.25, 0.3) is 17.1 Å². The maximum absolute atomic E-state index is 12.9. The third-order valence-corrected chi connectivity index (χ3v) is 4.92. The topological polar surface area (TPSA) is 67.9 Å². The van der Waals surface area contributed by atoms with Crippen molar-refractivity contribution in [3.05, 3.63) is 64.4 Å². The van der Waals surface area contributed by atoms with Crippen LogP contribution in [0.2, 0.25) is 0 Å². The van der Waals surface area contributed by atoms with E-state index < -0.39 is 5.56 Å². The number of nitriles is 1. The second-order valence-corrected chi connectivity index (χ2v) is 6.62. The molecule has 3 aromatic rings. The molecule has 0 aliphatic rings. The number of thiol groups is 1. The Morgan fingerprint density at radius 3 is 2.35 bits per heavy atom. The van der Waals surface area contributed by atoms with E-state index in [1.165, 1.54) is 4.57 Å². The summed E-state index contributed by atoms with van der Waals surface area (Å²) in [6, 6.07) is 16.6. The van der Waals surface area contributed by atoms with Gasteiger partial charge in [0.15, 0.2) is 0 Å². The summed E-state index contributed by atoms with van der Waals surface area (Å²) in [4.78, 5) is 18.4. The average Bonchev–Trinajstić information content (AvgIpc) is 2.68. The number of thioether (sulfide) groups is 1. The molecule has 0 spiro atoms. The standard InChI is InChI=1S/C19H15N3O2S2/c1-24-14-7-5-13(6-8-14)22-17(12-3-9-15(26-2)10-4-12)21-18(25)16(11-20)19(22)23/h3-10,25H,1-2H3. The van der Waals surface area contributed by atoms with Crippen molar-refractivity contribution in [3.63, 3.8) is 0 Å². The summed E-state index contributed by atoms with van der Waals surface area (Å²) in [6.07, 6.45) is 1.99. The van der Waals surface area contributed by atoms with Gasteiger partial charge in [0, 0.05) is 10.5 Å². The van der Waals surface area contributed by atoms with Gasteiger partial charge in [-0.1, -0.05) is 12.1 Å². The molecule has 0 fully saturated rings. The van der Waals surface area contributed by atoms with E-state index in [0.29, 0.717) is 17.3 Å². The maximum atomic E-state index is 12.9. The molecule has 3 rings (SSSR count). The summed E-state index contributed by atoms with van der Waals surface area (Å²) in [5, 5.41) is 9.42. The highest BCUT2D eigenvalue weighted by atomic mass is 32.2. The molecule has 0 amide bonds. The summed E-state index contributed by atoms with van der Waals surface area (Å²) in [5.74, 6) is 1.10. The molecule has 0 radical (unpaired) electrons. The van der Waals surface area contributed by atoms with Crippen LogP contribution < -0.4 is 10.3 Å². The Hall–Kier alpha value is -2.69. The Morgan fingerprint density at radius 2 is 1.81 bits per heavy atom. The molecule has 0 saturated carbocycles. The number of hydrogen-bond donors (Lipinski definition) is 1. The number of methoxy groups -OCH3 is 1. The average molecular weight is 381 g/mol. The number of hydrogen-bond acceptors (Lipinski definition) is 6. The lowest BCUT2D eigenvalue weighted by Crippen LogP contribution is -2.25. The first-order valence-electron chi connectivity index (χ1n) is 7.64. The Balaban J connectivity index is 2.28. The van der Waals surface area contributed by atoms with E-state index in [4.69, 9.17) is 4.74 Å². The van der Waals surface area contributed by atoms with Gasteiger partial charge in [-0.2, -0.15) is 5.26 Å². The predicted octanol–water partition coefficient (Wildman–Crippen LogP) is 3.79. The molecule has 1 aromatic heterocycles. The molecule has 5 nitrogen and oxygen atoms in total. The molecular weight excluding hydrogens is 366 g/mol. The van der Waals surface area contributed by atoms with Crippen LogP contribution in [0.1, 0.15) is 5.56 Å². The van der Waals surface area contributed by atoms with Crippen molar-refractivity contribution in [2.24, 2.45) is 0 Å². The van der Waals surface area contributed by atoms with Crippen molar-refractivity contribution in [2.75, 3.05) is 13.4 Å². The SMILES string of the molecule is COc1ccc(-n2c(-c3ccc(SC)cc3)nc(S)c(C#N)c2=O)cc1. The quantitative estimate of drug-likeness (QED) is 0.423. The van der Waals surface area contributed by atoms with Gasteiger partial charge in [0.05, 0.1) is 12.8 Å². The van der Waals surface area contributed by atoms with Crippen LogP contribution in [-0.2, 0) is 0 Å². The van der Waals surface area contributed by atoms with Gasteiger partial charge < -0.3 is 4.74 Å². The summed E-state index contributed by atoms with van der Waals surface area (Å²) in [6.45, 7) is 0. The van der Waals surface area contributed by atoms with Crippen LogP contribution in [0.15, 0.2) is 63.2 Å². The van der Waals surface area contributed by atoms with E-state index in [1.807, 2.05) is 36.6 Å². The van der Waals surface area contributed by atoms with Crippen LogP contribution >= 0.6 is 24.4 Å². The minimum Gasteiger partial charge on any atom is -0.497 e. The Kier molecular flexibility index (Phi) is 5.35. The second kappa shape index (κ2) is 7.68. The molecule has 130 valence electrons. The van der Waals surface area contributed by atoms with Gasteiger partial charge in [-0.15, -0.1) is 24.4 Å². The molecule has 0 aliphatic carbocycles. The largest absolute Gasteiger partial charge is 0.497 e. The van der Waals surface area contributed by atoms with Gasteiger partial charge in [-0.05, 0) is 42.7 Å². The lowest BCUT2D eigenvalue weighted by atomic mass is 10.2. The van der Waals surface area contributed by atoms with Gasteiger partial charge in [-0.3, -0.25) is 9.36 Å². The fourth-order valence-electron chi connectivity index (χ4n) is 2.51. The minimum absolute atomic E-state index is 0.0892. The molecule has 26 heavy (non-hydrogen) atoms. The van der Waals surface area contributed by atoms with E-state index in [2.05, 4.69) is 17.6 Å². The molecule has 0 saturated heterocycles. The van der Waals surface area contributed by atoms with Crippen molar-refractivity contribution in [1.29, 1.82) is 5.26 Å². The fourth-order valence-corrected chi connectivity index (χ4v) is 3.16. The zero-order chi connectivity index (χ0) is 18.7. The van der Waals surface area contributed by atoms with Crippen molar-refractivity contribution < 1.29 is 4.74 Å². The van der Waals surface area contributed by atoms with Crippen LogP contribution in [0.4, 0.5) is 0 Å². The number of ether oxygens (including phenoxy) is 1. The first-order chi connectivity index (χ1) is 12.6. The number of benzene rings is 2. The van der Waals surface area contributed by atoms with Gasteiger partial charge in [0.25, 0.3) is 5.56 Å². The lowest BCUT2D eigenvalue weighted by molar-refractivity contribution is 0.414. The van der Waals surface area contributed by atoms with Crippen LogP contribution in [0, 0.1) is 11.3 Å². The van der Waals surface area contributed by atoms with Crippen molar-refractivity contribution >= 4 is 24.4 Å². The highest BCUT2D eigenvalue weighted by Crippen LogP contribution is 2.25. The summed E-state index contributed by atoms with van der Waals surface area (Å²) in [5.41, 5.74) is 0.808. The highest BCUT2D eigenvalue weighted by molar-refractivity contribution is 7.98. The minimum atomic E-state index is -0.457. The molecule has 0 bridgehead atoms. The van der Waals surface area contributed by atoms with Gasteiger partial charge >= 0.3 is 0 Å². The summed E-state index contributed by atoms with van der Waals surface area (Å²) >= 11 is 5.86. The smallest absolute Gasteiger partial charge is 0.277 e. The zero-order valence-electron chi connectivity index (χ0n) is 14.1. The van der Waals surface area contributed by atoms with Crippen LogP contribution in [0.5, 0.6) is 5.75 Å². The van der Waals surface area contributed by atoms with Crippen molar-refractivity contribution in [3.8, 4) is 28.9 Å². The summed E-state index contributed by atoms with van der Waals surface area (Å²) in [7, 11) is 1.57. The van der Waals surface area contributed by atoms with Gasteiger partial charge in [-0.25, -0.2) is 4.98 Å². The monoisotopic (exact) mass is 381 g/mol. The van der Waals surface area contributed by atoms with Crippen LogP contribution in [0.3, 0.4) is 0 Å². The molecule has 0 N–H and O–H groups in total. The second-order valence-electron chi connectivity index (χ2n) is 5.31. The van der Waals surface area contributed by atoms with Gasteiger partial charge in [0.2, 0.25) is 0 Å². The van der Waals surface area contributed by atoms with E-state index >= 15 is 0 Å². The van der Waals surface area contributed by atoms with E-state index in [0.717, 1.165) is 10.5 Å². The third kappa shape index (κ3) is 3.34. The van der Waals surface area contributed by atoms with E-state index in [1.54, 1.807) is 43.1 Å². The lowest BCUT2D eigenvalue weighted by Gasteiger charge is -2.14. The number of rotatable bonds is 4. The molecule has 1 heterocycles. The number of aromatic nitrogens is 2. The van der Waals surface area contributed by atoms with Crippen molar-refractivity contribution in [1.82, 2.24) is 9.55 Å². The first-order valence-corrected chi connectivity index (χ1v) is 9.31. The Labute approximate surface area is 160 Å². The molecule has 7 heteroatoms. The molecule has 0 aliphatic heterocycles. The van der Waals surface area contributed by atoms with Crippen LogP contribution in [-0.4, -0.2) is 22.9 Å². The highest BCUT2D eigenvalue weighted by Gasteiger charge is 2.17. The normalized spacial score (nSPS) is 10.4. The van der Waals surface area contributed by atoms with E-state index in [9.17, 15) is 10.1 Å². The summed E-state index contributed by atoms with van der Waals surface area (Å²) < 4.78 is 6.59. The third-order valence-electron chi connectivity index (χ3n) is 3.85. The zero-order valence-corrected chi connectivity index (χ0v) is 15.8.